The maximum atomic E-state index is 13.3. The molecule has 54 heavy (non-hydrogen) atoms. The molecule has 0 spiro atoms. The van der Waals surface area contributed by atoms with Gasteiger partial charge in [-0.05, 0) is 67.1 Å². The predicted octanol–water partition coefficient (Wildman–Crippen LogP) is 7.91. The van der Waals surface area contributed by atoms with Crippen molar-refractivity contribution in [1.29, 1.82) is 0 Å². The molecule has 3 aromatic carbocycles. The molecular weight excluding hydrogens is 743 g/mol. The number of carbonyl (C=O) groups is 3. The first kappa shape index (κ1) is 39.1. The highest BCUT2D eigenvalue weighted by atomic mass is 35.5. The molecule has 5 N–H and O–H groups in total. The summed E-state index contributed by atoms with van der Waals surface area (Å²) in [6.45, 7) is 5.82. The second kappa shape index (κ2) is 19.1. The fraction of sp³-hybridized carbons (Fsp3) is 0.293. The molecule has 5 aromatic rings. The van der Waals surface area contributed by atoms with Gasteiger partial charge >= 0.3 is 0 Å². The number of amides is 3. The standard InChI is InChI=1S/C24H23ClFN3O2S.C17H21N3OS/c25-20-12-17(6-7-21(20)26)23(30)28-22-13-18(15-32-22)24(31)27-19-8-10-29(11-9-19)14-16-4-2-1-3-5-16;18-16-10-14(12-22-16)17(21)19-15-6-8-20(9-7-15)11-13-4-2-1-3-5-13/h1-7,12-13,15,19H,8-11,14H2,(H,27,31)(H,28,30);1-5,10,12,15H,6-9,11,18H2,(H,19,21). The number of carbonyl (C=O) groups excluding carboxylic acids is 3. The normalized spacial score (nSPS) is 15.5. The molecule has 0 aliphatic carbocycles. The molecule has 0 atom stereocenters. The van der Waals surface area contributed by atoms with E-state index in [1.807, 2.05) is 17.5 Å². The Morgan fingerprint density at radius 1 is 0.667 bits per heavy atom. The number of nitrogen functional groups attached to an aromatic ring is 1. The summed E-state index contributed by atoms with van der Waals surface area (Å²) < 4.78 is 13.3. The van der Waals surface area contributed by atoms with Crippen LogP contribution in [0.25, 0.3) is 0 Å². The maximum absolute atomic E-state index is 13.3. The second-order valence-electron chi connectivity index (χ2n) is 13.5. The summed E-state index contributed by atoms with van der Waals surface area (Å²) in [5.74, 6) is -1.14. The van der Waals surface area contributed by atoms with Crippen molar-refractivity contribution in [3.05, 3.63) is 140 Å². The van der Waals surface area contributed by atoms with E-state index in [1.54, 1.807) is 17.5 Å². The van der Waals surface area contributed by atoms with Crippen LogP contribution in [0, 0.1) is 5.82 Å². The van der Waals surface area contributed by atoms with E-state index in [1.165, 1.54) is 45.9 Å². The van der Waals surface area contributed by atoms with Crippen molar-refractivity contribution in [2.75, 3.05) is 37.2 Å². The van der Waals surface area contributed by atoms with Gasteiger partial charge in [0.25, 0.3) is 17.7 Å². The van der Waals surface area contributed by atoms with E-state index in [2.05, 4.69) is 74.3 Å². The molecule has 2 fully saturated rings. The van der Waals surface area contributed by atoms with Crippen molar-refractivity contribution in [1.82, 2.24) is 20.4 Å². The van der Waals surface area contributed by atoms with Gasteiger partial charge in [-0.3, -0.25) is 24.2 Å². The number of hydrogen-bond donors (Lipinski definition) is 4. The first-order valence-electron chi connectivity index (χ1n) is 18.0. The highest BCUT2D eigenvalue weighted by molar-refractivity contribution is 7.14. The lowest BCUT2D eigenvalue weighted by atomic mass is 10.0. The Bertz CT molecular complexity index is 1990. The molecule has 2 aromatic heterocycles. The minimum absolute atomic E-state index is 0.00513. The molecule has 2 saturated heterocycles. The van der Waals surface area contributed by atoms with Crippen LogP contribution >= 0.6 is 34.3 Å². The third-order valence-corrected chi connectivity index (χ3v) is 11.4. The Morgan fingerprint density at radius 2 is 1.17 bits per heavy atom. The average Bonchev–Trinajstić information content (AvgIpc) is 3.85. The van der Waals surface area contributed by atoms with Crippen LogP contribution in [0.5, 0.6) is 0 Å². The van der Waals surface area contributed by atoms with Crippen LogP contribution in [0.2, 0.25) is 5.02 Å². The van der Waals surface area contributed by atoms with Gasteiger partial charge in [-0.15, -0.1) is 22.7 Å². The molecule has 4 heterocycles. The average molecular weight is 787 g/mol. The van der Waals surface area contributed by atoms with E-state index < -0.39 is 11.7 Å². The molecule has 2 aliphatic heterocycles. The highest BCUT2D eigenvalue weighted by Crippen LogP contribution is 2.24. The molecule has 282 valence electrons. The van der Waals surface area contributed by atoms with E-state index in [9.17, 15) is 18.8 Å². The molecule has 2 aliphatic rings. The smallest absolute Gasteiger partial charge is 0.256 e. The first-order valence-corrected chi connectivity index (χ1v) is 20.2. The monoisotopic (exact) mass is 786 g/mol. The van der Waals surface area contributed by atoms with Gasteiger partial charge in [-0.2, -0.15) is 0 Å². The van der Waals surface area contributed by atoms with Crippen molar-refractivity contribution in [2.24, 2.45) is 0 Å². The van der Waals surface area contributed by atoms with Crippen molar-refractivity contribution >= 4 is 62.0 Å². The van der Waals surface area contributed by atoms with E-state index in [4.69, 9.17) is 17.3 Å². The number of nitrogens with one attached hydrogen (secondary N) is 3. The number of halogens is 2. The SMILES string of the molecule is Nc1cc(C(=O)NC2CCN(Cc3ccccc3)CC2)cs1.O=C(Nc1cc(C(=O)NC2CCN(Cc3ccccc3)CC2)cs1)c1ccc(F)c(Cl)c1. The Morgan fingerprint density at radius 3 is 1.65 bits per heavy atom. The van der Waals surface area contributed by atoms with Crippen LogP contribution in [0.15, 0.2) is 102 Å². The molecule has 9 nitrogen and oxygen atoms in total. The largest absolute Gasteiger partial charge is 0.391 e. The van der Waals surface area contributed by atoms with Gasteiger partial charge in [-0.1, -0.05) is 72.3 Å². The van der Waals surface area contributed by atoms with Gasteiger partial charge in [0.2, 0.25) is 0 Å². The molecule has 0 unspecified atom stereocenters. The van der Waals surface area contributed by atoms with Gasteiger partial charge in [0.1, 0.15) is 5.82 Å². The molecular formula is C41H44ClFN6O3S2. The summed E-state index contributed by atoms with van der Waals surface area (Å²) in [6, 6.07) is 28.5. The van der Waals surface area contributed by atoms with E-state index in [0.29, 0.717) is 21.1 Å². The number of hydrogen-bond acceptors (Lipinski definition) is 8. The Kier molecular flexibility index (Phi) is 13.9. The zero-order valence-electron chi connectivity index (χ0n) is 29.8. The van der Waals surface area contributed by atoms with E-state index in [-0.39, 0.29) is 34.5 Å². The quantitative estimate of drug-likeness (QED) is 0.114. The van der Waals surface area contributed by atoms with Crippen LogP contribution in [0.4, 0.5) is 14.4 Å². The summed E-state index contributed by atoms with van der Waals surface area (Å²) in [6.07, 6.45) is 3.80. The Balaban J connectivity index is 0.000000197. The lowest BCUT2D eigenvalue weighted by Crippen LogP contribution is -2.44. The lowest BCUT2D eigenvalue weighted by molar-refractivity contribution is 0.0901. The van der Waals surface area contributed by atoms with Crippen LogP contribution in [-0.4, -0.2) is 65.8 Å². The third-order valence-electron chi connectivity index (χ3n) is 9.51. The fourth-order valence-corrected chi connectivity index (χ4v) is 8.10. The van der Waals surface area contributed by atoms with Gasteiger partial charge in [0.15, 0.2) is 0 Å². The second-order valence-corrected chi connectivity index (χ2v) is 15.8. The fourth-order valence-electron chi connectivity index (χ4n) is 6.51. The number of likely N-dealkylation sites (tertiary alicyclic amines) is 2. The van der Waals surface area contributed by atoms with Crippen LogP contribution in [0.3, 0.4) is 0 Å². The minimum Gasteiger partial charge on any atom is -0.391 e. The van der Waals surface area contributed by atoms with Crippen molar-refractivity contribution in [3.8, 4) is 0 Å². The van der Waals surface area contributed by atoms with Gasteiger partial charge < -0.3 is 21.7 Å². The number of nitrogens with two attached hydrogens (primary N) is 1. The number of nitrogens with zero attached hydrogens (tertiary/aromatic N) is 2. The summed E-state index contributed by atoms with van der Waals surface area (Å²) in [4.78, 5) is 42.0. The van der Waals surface area contributed by atoms with Crippen molar-refractivity contribution in [3.63, 3.8) is 0 Å². The number of benzene rings is 3. The van der Waals surface area contributed by atoms with Gasteiger partial charge in [0, 0.05) is 67.7 Å². The number of thiophene rings is 2. The zero-order valence-corrected chi connectivity index (χ0v) is 32.2. The third kappa shape index (κ3) is 11.5. The topological polar surface area (TPSA) is 120 Å². The lowest BCUT2D eigenvalue weighted by Gasteiger charge is -2.32. The molecule has 0 bridgehead atoms. The van der Waals surface area contributed by atoms with Crippen molar-refractivity contribution < 1.29 is 18.8 Å². The van der Waals surface area contributed by atoms with Gasteiger partial charge in [0.05, 0.1) is 26.2 Å². The molecule has 0 saturated carbocycles. The zero-order chi connectivity index (χ0) is 37.9. The predicted molar refractivity (Wildman–Crippen MR) is 217 cm³/mol. The number of anilines is 2. The van der Waals surface area contributed by atoms with Gasteiger partial charge in [-0.25, -0.2) is 4.39 Å². The van der Waals surface area contributed by atoms with Crippen molar-refractivity contribution in [2.45, 2.75) is 50.9 Å². The van der Waals surface area contributed by atoms with Crippen LogP contribution in [0.1, 0.15) is 67.9 Å². The highest BCUT2D eigenvalue weighted by Gasteiger charge is 2.23. The summed E-state index contributed by atoms with van der Waals surface area (Å²) in [7, 11) is 0. The molecule has 0 radical (unpaired) electrons. The van der Waals surface area contributed by atoms with Crippen LogP contribution < -0.4 is 21.7 Å². The summed E-state index contributed by atoms with van der Waals surface area (Å²) in [5.41, 5.74) is 9.75. The maximum Gasteiger partial charge on any atom is 0.256 e. The van der Waals surface area contributed by atoms with E-state index in [0.717, 1.165) is 71.0 Å². The first-order chi connectivity index (χ1) is 26.2. The number of piperidine rings is 2. The Hall–Kier alpha value is -4.59. The summed E-state index contributed by atoms with van der Waals surface area (Å²) >= 11 is 8.41. The summed E-state index contributed by atoms with van der Waals surface area (Å²) in [5, 5.41) is 13.6. The molecule has 3 amide bonds. The van der Waals surface area contributed by atoms with E-state index >= 15 is 0 Å². The molecule has 13 heteroatoms. The number of rotatable bonds is 10. The van der Waals surface area contributed by atoms with Crippen LogP contribution in [-0.2, 0) is 13.1 Å². The molecule has 7 rings (SSSR count). The Labute approximate surface area is 328 Å². The minimum atomic E-state index is -0.579.